The molecule has 2 heterocycles. The number of ether oxygens (including phenoxy) is 1. The highest BCUT2D eigenvalue weighted by Crippen LogP contribution is 2.41. The van der Waals surface area contributed by atoms with Crippen LogP contribution in [0.15, 0.2) is 11.7 Å². The first-order valence-corrected chi connectivity index (χ1v) is 7.61. The van der Waals surface area contributed by atoms with Crippen molar-refractivity contribution in [2.24, 2.45) is 5.41 Å². The van der Waals surface area contributed by atoms with Crippen LogP contribution in [0.25, 0.3) is 4.96 Å². The Morgan fingerprint density at radius 3 is 3.05 bits per heavy atom. The van der Waals surface area contributed by atoms with Crippen LogP contribution in [0.3, 0.4) is 0 Å². The number of amides is 1. The molecule has 0 bridgehead atoms. The van der Waals surface area contributed by atoms with Gasteiger partial charge in [0.1, 0.15) is 5.51 Å². The molecule has 0 spiro atoms. The number of nitrogens with one attached hydrogen (secondary N) is 1. The normalized spacial score (nSPS) is 18.7. The number of carbonyl (C=O) groups is 1. The maximum absolute atomic E-state index is 12.4. The monoisotopic (exact) mass is 294 g/mol. The zero-order valence-electron chi connectivity index (χ0n) is 11.6. The van der Waals surface area contributed by atoms with Crippen LogP contribution in [0.5, 0.6) is 0 Å². The molecule has 1 N–H and O–H groups in total. The van der Waals surface area contributed by atoms with E-state index in [9.17, 15) is 4.79 Å². The summed E-state index contributed by atoms with van der Waals surface area (Å²) in [6, 6.07) is -0.120. The number of aromatic nitrogens is 3. The Labute approximate surface area is 121 Å². The second-order valence-electron chi connectivity index (χ2n) is 5.39. The molecule has 0 saturated heterocycles. The molecule has 1 unspecified atom stereocenters. The lowest BCUT2D eigenvalue weighted by Gasteiger charge is -2.40. The number of fused-ring (bicyclic) bond motifs is 1. The van der Waals surface area contributed by atoms with Gasteiger partial charge in [-0.15, -0.1) is 0 Å². The fourth-order valence-corrected chi connectivity index (χ4v) is 3.21. The third-order valence-electron chi connectivity index (χ3n) is 4.01. The summed E-state index contributed by atoms with van der Waals surface area (Å²) in [6.45, 7) is 2.44. The Hall–Kier alpha value is -1.47. The van der Waals surface area contributed by atoms with Gasteiger partial charge in [0.15, 0.2) is 0 Å². The van der Waals surface area contributed by atoms with Crippen LogP contribution in [0.1, 0.15) is 37.9 Å². The lowest BCUT2D eigenvalue weighted by Crippen LogP contribution is -2.49. The van der Waals surface area contributed by atoms with Gasteiger partial charge in [0.05, 0.1) is 30.0 Å². The third-order valence-corrected chi connectivity index (χ3v) is 4.70. The van der Waals surface area contributed by atoms with E-state index in [-0.39, 0.29) is 17.4 Å². The van der Waals surface area contributed by atoms with Gasteiger partial charge in [0.25, 0.3) is 0 Å². The molecule has 7 heteroatoms. The van der Waals surface area contributed by atoms with Gasteiger partial charge in [0, 0.05) is 7.11 Å². The van der Waals surface area contributed by atoms with Gasteiger partial charge >= 0.3 is 0 Å². The maximum atomic E-state index is 12.4. The molecular formula is C13H18N4O2S. The van der Waals surface area contributed by atoms with Gasteiger partial charge in [-0.05, 0) is 19.8 Å². The smallest absolute Gasteiger partial charge is 0.229 e. The number of imidazole rings is 1. The Bertz CT molecular complexity index is 588. The summed E-state index contributed by atoms with van der Waals surface area (Å²) in [5.74, 6) is 0.0717. The Kier molecular flexibility index (Phi) is 3.47. The van der Waals surface area contributed by atoms with E-state index in [2.05, 4.69) is 15.4 Å². The topological polar surface area (TPSA) is 68.5 Å². The molecule has 0 aromatic carbocycles. The third kappa shape index (κ3) is 2.20. The molecule has 6 nitrogen and oxygen atoms in total. The predicted molar refractivity (Wildman–Crippen MR) is 75.6 cm³/mol. The van der Waals surface area contributed by atoms with Crippen molar-refractivity contribution in [3.8, 4) is 0 Å². The number of methoxy groups -OCH3 is 1. The van der Waals surface area contributed by atoms with Crippen molar-refractivity contribution >= 4 is 22.2 Å². The average Bonchev–Trinajstić information content (AvgIpc) is 2.93. The van der Waals surface area contributed by atoms with Gasteiger partial charge in [-0.25, -0.2) is 9.50 Å². The molecule has 1 amide bonds. The van der Waals surface area contributed by atoms with Crippen molar-refractivity contribution in [3.05, 3.63) is 17.4 Å². The molecule has 1 saturated carbocycles. The molecule has 20 heavy (non-hydrogen) atoms. The van der Waals surface area contributed by atoms with Crippen LogP contribution in [0.4, 0.5) is 0 Å². The van der Waals surface area contributed by atoms with Crippen LogP contribution in [0, 0.1) is 5.41 Å². The average molecular weight is 294 g/mol. The number of hydrogen-bond acceptors (Lipinski definition) is 5. The Morgan fingerprint density at radius 1 is 1.65 bits per heavy atom. The molecule has 2 aromatic rings. The summed E-state index contributed by atoms with van der Waals surface area (Å²) in [5, 5.41) is 7.20. The summed E-state index contributed by atoms with van der Waals surface area (Å²) in [7, 11) is 1.64. The number of carbonyl (C=O) groups excluding carboxylic acids is 1. The second kappa shape index (κ2) is 5.14. The van der Waals surface area contributed by atoms with E-state index in [0.29, 0.717) is 6.61 Å². The van der Waals surface area contributed by atoms with E-state index in [4.69, 9.17) is 4.74 Å². The molecule has 0 aliphatic heterocycles. The Balaban J connectivity index is 1.70. The van der Waals surface area contributed by atoms with Crippen molar-refractivity contribution in [2.75, 3.05) is 13.7 Å². The molecule has 108 valence electrons. The zero-order valence-corrected chi connectivity index (χ0v) is 12.4. The van der Waals surface area contributed by atoms with Crippen molar-refractivity contribution in [2.45, 2.75) is 32.2 Å². The minimum atomic E-state index is -0.335. The van der Waals surface area contributed by atoms with E-state index in [1.807, 2.05) is 13.1 Å². The first-order chi connectivity index (χ1) is 9.64. The lowest BCUT2D eigenvalue weighted by atomic mass is 9.68. The summed E-state index contributed by atoms with van der Waals surface area (Å²) < 4.78 is 6.94. The minimum Gasteiger partial charge on any atom is -0.384 e. The summed E-state index contributed by atoms with van der Waals surface area (Å²) in [6.07, 6.45) is 4.76. The fourth-order valence-electron chi connectivity index (χ4n) is 2.60. The van der Waals surface area contributed by atoms with Crippen molar-refractivity contribution in [1.29, 1.82) is 0 Å². The molecule has 1 fully saturated rings. The van der Waals surface area contributed by atoms with Gasteiger partial charge < -0.3 is 10.1 Å². The quantitative estimate of drug-likeness (QED) is 0.912. The molecule has 3 rings (SSSR count). The van der Waals surface area contributed by atoms with Crippen LogP contribution >= 0.6 is 11.3 Å². The molecular weight excluding hydrogens is 276 g/mol. The SMILES string of the molecule is COCC1(C(=O)NC(C)c2cn3ncsc3n2)CCC1. The lowest BCUT2D eigenvalue weighted by molar-refractivity contribution is -0.141. The highest BCUT2D eigenvalue weighted by molar-refractivity contribution is 7.14. The molecule has 1 aliphatic rings. The van der Waals surface area contributed by atoms with Crippen molar-refractivity contribution in [1.82, 2.24) is 19.9 Å². The van der Waals surface area contributed by atoms with E-state index >= 15 is 0 Å². The van der Waals surface area contributed by atoms with Crippen molar-refractivity contribution in [3.63, 3.8) is 0 Å². The number of rotatable bonds is 5. The molecule has 1 atom stereocenters. The molecule has 0 radical (unpaired) electrons. The summed E-state index contributed by atoms with van der Waals surface area (Å²) in [4.78, 5) is 17.8. The molecule has 2 aromatic heterocycles. The largest absolute Gasteiger partial charge is 0.384 e. The van der Waals surface area contributed by atoms with E-state index in [1.165, 1.54) is 11.3 Å². The highest BCUT2D eigenvalue weighted by Gasteiger charge is 2.44. The van der Waals surface area contributed by atoms with E-state index < -0.39 is 0 Å². The fraction of sp³-hybridized carbons (Fsp3) is 0.615. The van der Waals surface area contributed by atoms with Gasteiger partial charge in [0.2, 0.25) is 10.9 Å². The van der Waals surface area contributed by atoms with E-state index in [1.54, 1.807) is 17.1 Å². The van der Waals surface area contributed by atoms with Gasteiger partial charge in [-0.1, -0.05) is 17.8 Å². The predicted octanol–water partition coefficient (Wildman–Crippen LogP) is 1.78. The number of hydrogen-bond donors (Lipinski definition) is 1. The molecule has 1 aliphatic carbocycles. The van der Waals surface area contributed by atoms with Gasteiger partial charge in [-0.2, -0.15) is 5.10 Å². The van der Waals surface area contributed by atoms with Crippen molar-refractivity contribution < 1.29 is 9.53 Å². The second-order valence-corrected chi connectivity index (χ2v) is 6.21. The van der Waals surface area contributed by atoms with Crippen LogP contribution < -0.4 is 5.32 Å². The van der Waals surface area contributed by atoms with E-state index in [0.717, 1.165) is 29.9 Å². The van der Waals surface area contributed by atoms with Gasteiger partial charge in [-0.3, -0.25) is 4.79 Å². The first kappa shape index (κ1) is 13.5. The maximum Gasteiger partial charge on any atom is 0.229 e. The standard InChI is InChI=1S/C13H18N4O2S/c1-9(10-6-17-12(16-10)20-8-14-17)15-11(18)13(7-19-2)4-3-5-13/h6,8-9H,3-5,7H2,1-2H3,(H,15,18). The van der Waals surface area contributed by atoms with Crippen LogP contribution in [0.2, 0.25) is 0 Å². The van der Waals surface area contributed by atoms with Crippen LogP contribution in [-0.4, -0.2) is 34.2 Å². The summed E-state index contributed by atoms with van der Waals surface area (Å²) in [5.41, 5.74) is 2.25. The number of nitrogens with zero attached hydrogens (tertiary/aromatic N) is 3. The first-order valence-electron chi connectivity index (χ1n) is 6.73. The summed E-state index contributed by atoms with van der Waals surface area (Å²) >= 11 is 1.48. The zero-order chi connectivity index (χ0) is 14.2. The minimum absolute atomic E-state index is 0.0717. The van der Waals surface area contributed by atoms with Crippen LogP contribution in [-0.2, 0) is 9.53 Å². The highest BCUT2D eigenvalue weighted by atomic mass is 32.1. The Morgan fingerprint density at radius 2 is 2.45 bits per heavy atom.